The minimum absolute atomic E-state index is 0.121. The fraction of sp³-hybridized carbons (Fsp3) is 0. The van der Waals surface area contributed by atoms with Crippen LogP contribution in [0, 0.1) is 0 Å². The lowest BCUT2D eigenvalue weighted by Crippen LogP contribution is -2.24. The van der Waals surface area contributed by atoms with Gasteiger partial charge in [0.2, 0.25) is 0 Å². The first kappa shape index (κ1) is 9.20. The van der Waals surface area contributed by atoms with Crippen molar-refractivity contribution in [1.82, 2.24) is 4.98 Å². The van der Waals surface area contributed by atoms with E-state index < -0.39 is 5.91 Å². The van der Waals surface area contributed by atoms with Gasteiger partial charge in [0.1, 0.15) is 5.52 Å². The second-order valence-electron chi connectivity index (χ2n) is 2.83. The molecule has 0 aliphatic rings. The summed E-state index contributed by atoms with van der Waals surface area (Å²) in [6, 6.07) is 7.00. The molecule has 0 saturated heterocycles. The Morgan fingerprint density at radius 2 is 2.07 bits per heavy atom. The SMILES string of the molecule is NC(N)=NC(=O)c1nc2ccccc2o1. The van der Waals surface area contributed by atoms with Gasteiger partial charge in [0.15, 0.2) is 11.5 Å². The van der Waals surface area contributed by atoms with Crippen LogP contribution in [0.1, 0.15) is 10.7 Å². The van der Waals surface area contributed by atoms with Gasteiger partial charge < -0.3 is 15.9 Å². The number of hydrogen-bond acceptors (Lipinski definition) is 3. The van der Waals surface area contributed by atoms with Crippen LogP contribution in [0.25, 0.3) is 11.1 Å². The second kappa shape index (κ2) is 3.41. The summed E-state index contributed by atoms with van der Waals surface area (Å²) in [7, 11) is 0. The van der Waals surface area contributed by atoms with Crippen molar-refractivity contribution in [1.29, 1.82) is 0 Å². The number of nitrogens with two attached hydrogens (primary N) is 2. The maximum atomic E-state index is 11.3. The standard InChI is InChI=1S/C9H8N4O2/c10-9(11)13-7(14)8-12-5-3-1-2-4-6(5)15-8/h1-4H,(H4,10,11,13,14). The van der Waals surface area contributed by atoms with E-state index in [1.54, 1.807) is 24.3 Å². The van der Waals surface area contributed by atoms with Crippen LogP contribution in [0.2, 0.25) is 0 Å². The summed E-state index contributed by atoms with van der Waals surface area (Å²) < 4.78 is 5.15. The molecule has 0 unspecified atom stereocenters. The number of benzene rings is 1. The van der Waals surface area contributed by atoms with Crippen LogP contribution < -0.4 is 11.5 Å². The largest absolute Gasteiger partial charge is 0.432 e. The molecule has 15 heavy (non-hydrogen) atoms. The molecular weight excluding hydrogens is 196 g/mol. The number of aliphatic imine (C=N–C) groups is 1. The molecule has 0 saturated carbocycles. The molecule has 0 spiro atoms. The van der Waals surface area contributed by atoms with Gasteiger partial charge in [-0.25, -0.2) is 4.98 Å². The number of carbonyl (C=O) groups is 1. The number of hydrogen-bond donors (Lipinski definition) is 2. The second-order valence-corrected chi connectivity index (χ2v) is 2.83. The Bertz CT molecular complexity index is 507. The summed E-state index contributed by atoms with van der Waals surface area (Å²) in [6.07, 6.45) is 0. The van der Waals surface area contributed by atoms with Gasteiger partial charge in [0.25, 0.3) is 5.89 Å². The van der Waals surface area contributed by atoms with Crippen LogP contribution in [0.3, 0.4) is 0 Å². The zero-order valence-electron chi connectivity index (χ0n) is 7.68. The highest BCUT2D eigenvalue weighted by Gasteiger charge is 2.12. The van der Waals surface area contributed by atoms with Gasteiger partial charge in [0, 0.05) is 0 Å². The minimum atomic E-state index is -0.689. The maximum Gasteiger partial charge on any atom is 0.335 e. The Morgan fingerprint density at radius 3 is 2.73 bits per heavy atom. The molecule has 76 valence electrons. The molecule has 0 aliphatic carbocycles. The molecule has 1 aromatic heterocycles. The number of oxazole rings is 1. The van der Waals surface area contributed by atoms with Crippen LogP contribution in [0.4, 0.5) is 0 Å². The van der Waals surface area contributed by atoms with Crippen LogP contribution >= 0.6 is 0 Å². The van der Waals surface area contributed by atoms with E-state index in [-0.39, 0.29) is 11.9 Å². The van der Waals surface area contributed by atoms with Crippen molar-refractivity contribution >= 4 is 23.0 Å². The molecule has 2 aromatic rings. The van der Waals surface area contributed by atoms with Crippen molar-refractivity contribution < 1.29 is 9.21 Å². The van der Waals surface area contributed by atoms with E-state index in [0.29, 0.717) is 11.1 Å². The smallest absolute Gasteiger partial charge is 0.335 e. The number of carbonyl (C=O) groups excluding carboxylic acids is 1. The Balaban J connectivity index is 2.45. The Labute approximate surface area is 84.6 Å². The number of rotatable bonds is 1. The highest BCUT2D eigenvalue weighted by molar-refractivity contribution is 6.00. The van der Waals surface area contributed by atoms with Gasteiger partial charge in [0.05, 0.1) is 0 Å². The average Bonchev–Trinajstić information content (AvgIpc) is 2.59. The predicted molar refractivity (Wildman–Crippen MR) is 54.1 cm³/mol. The third-order valence-corrected chi connectivity index (χ3v) is 1.71. The summed E-state index contributed by atoms with van der Waals surface area (Å²) in [5.41, 5.74) is 11.2. The van der Waals surface area contributed by atoms with E-state index in [1.165, 1.54) is 0 Å². The van der Waals surface area contributed by atoms with Crippen molar-refractivity contribution in [2.75, 3.05) is 0 Å². The summed E-state index contributed by atoms with van der Waals surface area (Å²) in [6.45, 7) is 0. The molecule has 0 fully saturated rings. The molecule has 6 heteroatoms. The fourth-order valence-corrected chi connectivity index (χ4v) is 1.13. The van der Waals surface area contributed by atoms with Gasteiger partial charge in [-0.3, -0.25) is 4.79 Å². The first-order valence-electron chi connectivity index (χ1n) is 4.16. The molecule has 2 rings (SSSR count). The third-order valence-electron chi connectivity index (χ3n) is 1.71. The van der Waals surface area contributed by atoms with Gasteiger partial charge in [-0.2, -0.15) is 4.99 Å². The highest BCUT2D eigenvalue weighted by Crippen LogP contribution is 2.14. The lowest BCUT2D eigenvalue weighted by atomic mass is 10.3. The van der Waals surface area contributed by atoms with E-state index in [1.807, 2.05) is 0 Å². The van der Waals surface area contributed by atoms with Crippen LogP contribution in [0.15, 0.2) is 33.7 Å². The molecule has 1 heterocycles. The number of nitrogens with zero attached hydrogens (tertiary/aromatic N) is 2. The summed E-state index contributed by atoms with van der Waals surface area (Å²) in [4.78, 5) is 18.6. The summed E-state index contributed by atoms with van der Waals surface area (Å²) in [5, 5.41) is 0. The molecular formula is C9H8N4O2. The fourth-order valence-electron chi connectivity index (χ4n) is 1.13. The van der Waals surface area contributed by atoms with Gasteiger partial charge in [-0.15, -0.1) is 0 Å². The van der Waals surface area contributed by atoms with E-state index in [4.69, 9.17) is 15.9 Å². The Morgan fingerprint density at radius 1 is 1.33 bits per heavy atom. The molecule has 6 nitrogen and oxygen atoms in total. The number of fused-ring (bicyclic) bond motifs is 1. The van der Waals surface area contributed by atoms with Gasteiger partial charge >= 0.3 is 5.91 Å². The van der Waals surface area contributed by atoms with Crippen LogP contribution in [-0.4, -0.2) is 16.9 Å². The number of amides is 1. The van der Waals surface area contributed by atoms with Crippen molar-refractivity contribution in [2.45, 2.75) is 0 Å². The maximum absolute atomic E-state index is 11.3. The minimum Gasteiger partial charge on any atom is -0.432 e. The zero-order valence-corrected chi connectivity index (χ0v) is 7.68. The van der Waals surface area contributed by atoms with E-state index in [2.05, 4.69) is 9.98 Å². The topological polar surface area (TPSA) is 108 Å². The highest BCUT2D eigenvalue weighted by atomic mass is 16.4. The number of aromatic nitrogens is 1. The average molecular weight is 204 g/mol. The van der Waals surface area contributed by atoms with Crippen molar-refractivity contribution in [3.05, 3.63) is 30.2 Å². The monoisotopic (exact) mass is 204 g/mol. The van der Waals surface area contributed by atoms with Crippen molar-refractivity contribution in [2.24, 2.45) is 16.5 Å². The molecule has 4 N–H and O–H groups in total. The normalized spacial score (nSPS) is 10.1. The zero-order chi connectivity index (χ0) is 10.8. The summed E-state index contributed by atoms with van der Waals surface area (Å²) >= 11 is 0. The molecule has 1 amide bonds. The van der Waals surface area contributed by atoms with Crippen LogP contribution in [0.5, 0.6) is 0 Å². The van der Waals surface area contributed by atoms with Gasteiger partial charge in [-0.1, -0.05) is 12.1 Å². The van der Waals surface area contributed by atoms with Gasteiger partial charge in [-0.05, 0) is 12.1 Å². The van der Waals surface area contributed by atoms with E-state index >= 15 is 0 Å². The van der Waals surface area contributed by atoms with Crippen molar-refractivity contribution in [3.63, 3.8) is 0 Å². The van der Waals surface area contributed by atoms with Crippen molar-refractivity contribution in [3.8, 4) is 0 Å². The third kappa shape index (κ3) is 1.78. The first-order valence-corrected chi connectivity index (χ1v) is 4.16. The molecule has 1 aromatic carbocycles. The summed E-state index contributed by atoms with van der Waals surface area (Å²) in [5.74, 6) is -1.13. The number of para-hydroxylation sites is 2. The first-order chi connectivity index (χ1) is 7.16. The predicted octanol–water partition coefficient (Wildman–Crippen LogP) is 0.241. The Kier molecular flexibility index (Phi) is 2.09. The van der Waals surface area contributed by atoms with E-state index in [9.17, 15) is 4.79 Å². The lowest BCUT2D eigenvalue weighted by Gasteiger charge is -1.87. The quantitative estimate of drug-likeness (QED) is 0.511. The molecule has 0 aliphatic heterocycles. The van der Waals surface area contributed by atoms with E-state index in [0.717, 1.165) is 0 Å². The molecule has 0 radical (unpaired) electrons. The Hall–Kier alpha value is -2.37. The number of guanidine groups is 1. The lowest BCUT2D eigenvalue weighted by molar-refractivity contribution is 0.0972. The van der Waals surface area contributed by atoms with Crippen LogP contribution in [-0.2, 0) is 0 Å². The molecule has 0 bridgehead atoms. The molecule has 0 atom stereocenters.